The Morgan fingerprint density at radius 2 is 1.62 bits per heavy atom. The summed E-state index contributed by atoms with van der Waals surface area (Å²) in [5.41, 5.74) is -0.120. The summed E-state index contributed by atoms with van der Waals surface area (Å²) in [6, 6.07) is 17.6. The van der Waals surface area contributed by atoms with Crippen LogP contribution in [0.5, 0.6) is 0 Å². The summed E-state index contributed by atoms with van der Waals surface area (Å²) >= 11 is 1.88. The zero-order chi connectivity index (χ0) is 17.2. The fourth-order valence-corrected chi connectivity index (χ4v) is 7.09. The second kappa shape index (κ2) is 7.24. The third-order valence-electron chi connectivity index (χ3n) is 4.39. The van der Waals surface area contributed by atoms with E-state index >= 15 is 0 Å². The number of nitrogens with zero attached hydrogens (tertiary/aromatic N) is 1. The van der Waals surface area contributed by atoms with Crippen LogP contribution in [0.15, 0.2) is 73.1 Å². The topological polar surface area (TPSA) is 21.6 Å². The number of ether oxygens (including phenoxy) is 1. The molecule has 24 heavy (non-hydrogen) atoms. The van der Waals surface area contributed by atoms with Crippen molar-refractivity contribution in [3.8, 4) is 0 Å². The molecule has 1 heterocycles. The molecule has 0 saturated heterocycles. The van der Waals surface area contributed by atoms with Gasteiger partial charge in [0.25, 0.3) is 0 Å². The Morgan fingerprint density at radius 1 is 1.08 bits per heavy atom. The van der Waals surface area contributed by atoms with E-state index in [-0.39, 0.29) is 16.4 Å². The van der Waals surface area contributed by atoms with Crippen LogP contribution in [0.1, 0.15) is 27.2 Å². The van der Waals surface area contributed by atoms with Gasteiger partial charge in [-0.3, -0.25) is 0 Å². The van der Waals surface area contributed by atoms with Crippen molar-refractivity contribution in [2.75, 3.05) is 12.9 Å². The molecule has 0 amide bonds. The molecule has 4 heteroatoms. The molecule has 0 N–H and O–H groups in total. The number of hydrogen-bond acceptors (Lipinski definition) is 3. The maximum Gasteiger partial charge on any atom is 0.180 e. The van der Waals surface area contributed by atoms with Crippen LogP contribution in [-0.4, -0.2) is 24.3 Å². The van der Waals surface area contributed by atoms with Gasteiger partial charge >= 0.3 is 0 Å². The second-order valence-electron chi connectivity index (χ2n) is 6.22. The molecule has 1 aliphatic rings. The van der Waals surface area contributed by atoms with Crippen molar-refractivity contribution in [1.29, 1.82) is 0 Å². The molecule has 2 nitrogen and oxygen atoms in total. The van der Waals surface area contributed by atoms with Gasteiger partial charge in [-0.1, -0.05) is 43.0 Å². The van der Waals surface area contributed by atoms with Gasteiger partial charge in [0.1, 0.15) is 11.3 Å². The Kier molecular flexibility index (Phi) is 5.26. The van der Waals surface area contributed by atoms with Crippen LogP contribution in [0.25, 0.3) is 0 Å². The van der Waals surface area contributed by atoms with Gasteiger partial charge in [0.05, 0.1) is 27.8 Å². The molecule has 0 bridgehead atoms. The molecule has 1 atom stereocenters. The van der Waals surface area contributed by atoms with Crippen molar-refractivity contribution in [3.63, 3.8) is 0 Å². The van der Waals surface area contributed by atoms with Gasteiger partial charge < -0.3 is 4.74 Å². The molecule has 3 rings (SSSR count). The van der Waals surface area contributed by atoms with Gasteiger partial charge in [-0.15, -0.1) is 0 Å². The molecule has 0 aliphatic carbocycles. The van der Waals surface area contributed by atoms with E-state index in [2.05, 4.69) is 62.4 Å². The third-order valence-corrected chi connectivity index (χ3v) is 8.48. The zero-order valence-corrected chi connectivity index (χ0v) is 16.3. The van der Waals surface area contributed by atoms with Crippen molar-refractivity contribution >= 4 is 28.6 Å². The molecule has 0 radical (unpaired) electrons. The SMILES string of the molecule is CCC(C)(C[S+]1c2ccccc2Sc2ccccc21)N=C(C)OC. The van der Waals surface area contributed by atoms with Crippen LogP contribution >= 0.6 is 11.8 Å². The highest BCUT2D eigenvalue weighted by atomic mass is 32.2. The lowest BCUT2D eigenvalue weighted by atomic mass is 10.0. The predicted octanol–water partition coefficient (Wildman–Crippen LogP) is 5.42. The van der Waals surface area contributed by atoms with Gasteiger partial charge in [0.15, 0.2) is 15.7 Å². The molecule has 1 unspecified atom stereocenters. The fraction of sp³-hybridized carbons (Fsp3) is 0.350. The first-order valence-corrected chi connectivity index (χ1v) is 10.4. The first-order chi connectivity index (χ1) is 11.6. The minimum absolute atomic E-state index is 0.0343. The van der Waals surface area contributed by atoms with Crippen LogP contribution in [0, 0.1) is 0 Å². The van der Waals surface area contributed by atoms with E-state index in [1.807, 2.05) is 18.7 Å². The molecule has 2 aromatic carbocycles. The highest BCUT2D eigenvalue weighted by Crippen LogP contribution is 2.46. The summed E-state index contributed by atoms with van der Waals surface area (Å²) in [7, 11) is 1.73. The van der Waals surface area contributed by atoms with Crippen LogP contribution in [0.3, 0.4) is 0 Å². The van der Waals surface area contributed by atoms with Gasteiger partial charge in [-0.2, -0.15) is 0 Å². The Bertz CT molecular complexity index is 713. The summed E-state index contributed by atoms with van der Waals surface area (Å²) < 4.78 is 5.32. The molecular formula is C20H24NOS2+. The van der Waals surface area contributed by atoms with E-state index in [0.29, 0.717) is 0 Å². The van der Waals surface area contributed by atoms with E-state index in [1.165, 1.54) is 19.6 Å². The van der Waals surface area contributed by atoms with E-state index in [1.54, 1.807) is 7.11 Å². The van der Waals surface area contributed by atoms with E-state index < -0.39 is 0 Å². The summed E-state index contributed by atoms with van der Waals surface area (Å²) in [5.74, 6) is 1.77. The van der Waals surface area contributed by atoms with E-state index in [9.17, 15) is 0 Å². The highest BCUT2D eigenvalue weighted by Gasteiger charge is 2.41. The minimum atomic E-state index is -0.120. The third kappa shape index (κ3) is 3.50. The van der Waals surface area contributed by atoms with Crippen molar-refractivity contribution in [2.45, 2.75) is 52.3 Å². The molecule has 126 valence electrons. The lowest BCUT2D eigenvalue weighted by Crippen LogP contribution is -2.34. The average molecular weight is 359 g/mol. The van der Waals surface area contributed by atoms with Gasteiger partial charge in [0.2, 0.25) is 0 Å². The number of aliphatic imine (C=N–C) groups is 1. The normalized spacial score (nSPS) is 16.9. The summed E-state index contributed by atoms with van der Waals surface area (Å²) in [5, 5.41) is 0. The number of methoxy groups -OCH3 is 1. The van der Waals surface area contributed by atoms with Gasteiger partial charge in [0, 0.05) is 6.92 Å². The molecule has 0 spiro atoms. The van der Waals surface area contributed by atoms with Crippen molar-refractivity contribution in [2.24, 2.45) is 4.99 Å². The first-order valence-electron chi connectivity index (χ1n) is 8.23. The van der Waals surface area contributed by atoms with Gasteiger partial charge in [-0.05, 0) is 37.6 Å². The number of benzene rings is 2. The Morgan fingerprint density at radius 3 is 2.12 bits per heavy atom. The quantitative estimate of drug-likeness (QED) is 0.413. The van der Waals surface area contributed by atoms with Gasteiger partial charge in [-0.25, -0.2) is 4.99 Å². The summed E-state index contributed by atoms with van der Waals surface area (Å²) in [6.45, 7) is 6.40. The summed E-state index contributed by atoms with van der Waals surface area (Å²) in [6.07, 6.45) is 0.995. The lowest BCUT2D eigenvalue weighted by molar-refractivity contribution is 0.382. The Labute approximate surface area is 152 Å². The van der Waals surface area contributed by atoms with E-state index in [0.717, 1.165) is 18.1 Å². The molecule has 0 fully saturated rings. The summed E-state index contributed by atoms with van der Waals surface area (Å²) in [4.78, 5) is 10.5. The number of rotatable bonds is 4. The smallest absolute Gasteiger partial charge is 0.180 e. The first kappa shape index (κ1) is 17.4. The zero-order valence-electron chi connectivity index (χ0n) is 14.7. The Balaban J connectivity index is 2.04. The number of hydrogen-bond donors (Lipinski definition) is 0. The molecule has 1 aliphatic heterocycles. The predicted molar refractivity (Wildman–Crippen MR) is 105 cm³/mol. The van der Waals surface area contributed by atoms with Crippen molar-refractivity contribution in [3.05, 3.63) is 48.5 Å². The molecule has 2 aromatic rings. The van der Waals surface area contributed by atoms with Crippen LogP contribution < -0.4 is 0 Å². The molecular weight excluding hydrogens is 334 g/mol. The maximum atomic E-state index is 5.32. The molecule has 0 saturated carbocycles. The molecule has 0 aromatic heterocycles. The van der Waals surface area contributed by atoms with Crippen molar-refractivity contribution < 1.29 is 4.74 Å². The largest absolute Gasteiger partial charge is 0.484 e. The standard InChI is InChI=1S/C20H24NOS2/c1-5-20(3,21-15(2)22-4)14-24-18-12-8-6-10-16(18)23-17-11-7-9-13-19(17)24/h6-13H,5,14H2,1-4H3/q+1. The second-order valence-corrected chi connectivity index (χ2v) is 9.25. The monoisotopic (exact) mass is 358 g/mol. The highest BCUT2D eigenvalue weighted by molar-refractivity contribution is 8.04. The average Bonchev–Trinajstić information content (AvgIpc) is 2.61. The van der Waals surface area contributed by atoms with E-state index in [4.69, 9.17) is 9.73 Å². The van der Waals surface area contributed by atoms with Crippen LogP contribution in [-0.2, 0) is 15.6 Å². The minimum Gasteiger partial charge on any atom is -0.484 e. The van der Waals surface area contributed by atoms with Crippen molar-refractivity contribution in [1.82, 2.24) is 0 Å². The fourth-order valence-electron chi connectivity index (χ4n) is 2.82. The van der Waals surface area contributed by atoms with Crippen LogP contribution in [0.4, 0.5) is 0 Å². The van der Waals surface area contributed by atoms with Crippen LogP contribution in [0.2, 0.25) is 0 Å². The number of fused-ring (bicyclic) bond motifs is 2. The maximum absolute atomic E-state index is 5.32. The Hall–Kier alpha value is -1.39. The lowest BCUT2D eigenvalue weighted by Gasteiger charge is -2.26.